The number of nitrogens with zero attached hydrogens (tertiary/aromatic N) is 4. The second-order valence-electron chi connectivity index (χ2n) is 5.44. The summed E-state index contributed by atoms with van der Waals surface area (Å²) in [5.74, 6) is 0.121. The first kappa shape index (κ1) is 15.9. The van der Waals surface area contributed by atoms with Gasteiger partial charge in [0.05, 0.1) is 17.0 Å². The molecule has 0 spiro atoms. The first-order valence-electron chi connectivity index (χ1n) is 7.53. The first-order chi connectivity index (χ1) is 11.7. The highest BCUT2D eigenvalue weighted by molar-refractivity contribution is 9.10. The molecule has 1 amide bonds. The molecule has 0 radical (unpaired) electrons. The quantitative estimate of drug-likeness (QED) is 0.698. The van der Waals surface area contributed by atoms with Crippen molar-refractivity contribution in [3.8, 4) is 0 Å². The van der Waals surface area contributed by atoms with Gasteiger partial charge in [0.25, 0.3) is 0 Å². The number of rotatable bonds is 4. The third kappa shape index (κ3) is 3.03. The normalized spacial score (nSPS) is 17.0. The van der Waals surface area contributed by atoms with Gasteiger partial charge in [0, 0.05) is 48.5 Å². The van der Waals surface area contributed by atoms with E-state index in [1.54, 1.807) is 35.2 Å². The highest BCUT2D eigenvalue weighted by Crippen LogP contribution is 2.36. The molecule has 3 aromatic rings. The predicted octanol–water partition coefficient (Wildman–Crippen LogP) is 3.19. The third-order valence-electron chi connectivity index (χ3n) is 4.01. The fraction of sp³-hybridized carbons (Fsp3) is 0.333. The van der Waals surface area contributed by atoms with Crippen molar-refractivity contribution in [3.05, 3.63) is 49.3 Å². The molecular formula is C15H14BrN5OS2. The van der Waals surface area contributed by atoms with Gasteiger partial charge in [0.15, 0.2) is 0 Å². The minimum Gasteiger partial charge on any atom is -0.348 e. The number of carbonyl (C=O) groups excluding carboxylic acids is 1. The maximum absolute atomic E-state index is 12.8. The highest BCUT2D eigenvalue weighted by Gasteiger charge is 2.35. The second-order valence-corrected chi connectivity index (χ2v) is 8.12. The van der Waals surface area contributed by atoms with E-state index in [2.05, 4.69) is 35.9 Å². The molecule has 0 aliphatic carbocycles. The maximum Gasteiger partial charge on any atom is 0.223 e. The molecule has 1 aliphatic heterocycles. The summed E-state index contributed by atoms with van der Waals surface area (Å²) in [7, 11) is 0. The van der Waals surface area contributed by atoms with Crippen molar-refractivity contribution in [2.24, 2.45) is 0 Å². The Hall–Kier alpha value is -1.58. The fourth-order valence-electron chi connectivity index (χ4n) is 2.92. The van der Waals surface area contributed by atoms with Crippen LogP contribution in [0.2, 0.25) is 0 Å². The van der Waals surface area contributed by atoms with Gasteiger partial charge < -0.3 is 9.88 Å². The van der Waals surface area contributed by atoms with Crippen LogP contribution in [-0.2, 0) is 17.6 Å². The molecule has 4 rings (SSSR count). The van der Waals surface area contributed by atoms with E-state index in [0.717, 1.165) is 32.4 Å². The number of halogens is 1. The summed E-state index contributed by atoms with van der Waals surface area (Å²) < 4.78 is 0.792. The van der Waals surface area contributed by atoms with Crippen molar-refractivity contribution >= 4 is 44.5 Å². The number of aryl methyl sites for hydroxylation is 1. The zero-order valence-corrected chi connectivity index (χ0v) is 15.8. The summed E-state index contributed by atoms with van der Waals surface area (Å²) in [5.41, 5.74) is 2.00. The van der Waals surface area contributed by atoms with Gasteiger partial charge in [0.1, 0.15) is 15.7 Å². The minimum atomic E-state index is -0.208. The molecule has 0 fully saturated rings. The van der Waals surface area contributed by atoms with Crippen LogP contribution in [0.4, 0.5) is 0 Å². The number of thiazole rings is 2. The number of amides is 1. The molecular weight excluding hydrogens is 410 g/mol. The number of aromatic amines is 1. The molecule has 6 nitrogen and oxygen atoms in total. The Labute approximate surface area is 155 Å². The Kier molecular flexibility index (Phi) is 4.47. The molecule has 24 heavy (non-hydrogen) atoms. The molecule has 9 heteroatoms. The number of hydrogen-bond acceptors (Lipinski definition) is 6. The van der Waals surface area contributed by atoms with Gasteiger partial charge in [-0.2, -0.15) is 0 Å². The summed E-state index contributed by atoms with van der Waals surface area (Å²) in [6.45, 7) is 0.674. The van der Waals surface area contributed by atoms with Crippen molar-refractivity contribution < 1.29 is 4.79 Å². The van der Waals surface area contributed by atoms with Crippen molar-refractivity contribution in [2.45, 2.75) is 25.3 Å². The van der Waals surface area contributed by atoms with Crippen molar-refractivity contribution in [3.63, 3.8) is 0 Å². The lowest BCUT2D eigenvalue weighted by molar-refractivity contribution is -0.133. The van der Waals surface area contributed by atoms with Gasteiger partial charge in [-0.05, 0) is 15.9 Å². The first-order valence-corrected chi connectivity index (χ1v) is 10.1. The van der Waals surface area contributed by atoms with Crippen LogP contribution < -0.4 is 0 Å². The maximum atomic E-state index is 12.8. The van der Waals surface area contributed by atoms with Crippen LogP contribution in [0, 0.1) is 0 Å². The average Bonchev–Trinajstić information content (AvgIpc) is 3.32. The number of imidazole rings is 1. The van der Waals surface area contributed by atoms with E-state index in [0.29, 0.717) is 19.4 Å². The van der Waals surface area contributed by atoms with Crippen LogP contribution >= 0.6 is 38.6 Å². The SMILES string of the molecule is O=C(CCc1nccs1)N1CCc2[nH]cnc2[C@H]1c1nc(Br)cs1. The van der Waals surface area contributed by atoms with Crippen molar-refractivity contribution in [1.29, 1.82) is 0 Å². The Bertz CT molecular complexity index is 844. The predicted molar refractivity (Wildman–Crippen MR) is 96.1 cm³/mol. The van der Waals surface area contributed by atoms with E-state index in [1.165, 1.54) is 0 Å². The highest BCUT2D eigenvalue weighted by atomic mass is 79.9. The number of hydrogen-bond donors (Lipinski definition) is 1. The van der Waals surface area contributed by atoms with E-state index in [-0.39, 0.29) is 11.9 Å². The molecule has 0 unspecified atom stereocenters. The number of carbonyl (C=O) groups is 1. The van der Waals surface area contributed by atoms with E-state index in [1.807, 2.05) is 15.7 Å². The Morgan fingerprint density at radius 2 is 2.33 bits per heavy atom. The molecule has 3 aromatic heterocycles. The van der Waals surface area contributed by atoms with Gasteiger partial charge in [-0.1, -0.05) is 0 Å². The van der Waals surface area contributed by atoms with Crippen LogP contribution in [-0.4, -0.2) is 37.3 Å². The Morgan fingerprint density at radius 1 is 1.42 bits per heavy atom. The van der Waals surface area contributed by atoms with E-state index < -0.39 is 0 Å². The van der Waals surface area contributed by atoms with Gasteiger partial charge in [-0.15, -0.1) is 22.7 Å². The fourth-order valence-corrected chi connectivity index (χ4v) is 4.92. The molecule has 0 saturated heterocycles. The monoisotopic (exact) mass is 423 g/mol. The molecule has 1 atom stereocenters. The average molecular weight is 424 g/mol. The Morgan fingerprint density at radius 3 is 3.08 bits per heavy atom. The molecule has 1 aliphatic rings. The lowest BCUT2D eigenvalue weighted by Gasteiger charge is -2.33. The van der Waals surface area contributed by atoms with Crippen LogP contribution in [0.15, 0.2) is 27.9 Å². The van der Waals surface area contributed by atoms with Crippen LogP contribution in [0.1, 0.15) is 33.9 Å². The van der Waals surface area contributed by atoms with Crippen LogP contribution in [0.5, 0.6) is 0 Å². The topological polar surface area (TPSA) is 74.8 Å². The molecule has 0 bridgehead atoms. The molecule has 1 N–H and O–H groups in total. The zero-order chi connectivity index (χ0) is 16.5. The van der Waals surface area contributed by atoms with E-state index >= 15 is 0 Å². The van der Waals surface area contributed by atoms with Gasteiger partial charge in [0.2, 0.25) is 5.91 Å². The number of H-pyrrole nitrogens is 1. The minimum absolute atomic E-state index is 0.121. The standard InChI is InChI=1S/C15H14BrN5OS2/c16-10-7-24-15(20-10)14-13-9(18-8-19-13)3-5-21(14)12(22)2-1-11-17-4-6-23-11/h4,6-8,14H,1-3,5H2,(H,18,19)/t14-/m0/s1. The second kappa shape index (κ2) is 6.73. The van der Waals surface area contributed by atoms with Crippen molar-refractivity contribution in [1.82, 2.24) is 24.8 Å². The van der Waals surface area contributed by atoms with Gasteiger partial charge in [-0.25, -0.2) is 15.0 Å². The van der Waals surface area contributed by atoms with Gasteiger partial charge >= 0.3 is 0 Å². The summed E-state index contributed by atoms with van der Waals surface area (Å²) in [6.07, 6.45) is 5.40. The lowest BCUT2D eigenvalue weighted by atomic mass is 10.0. The van der Waals surface area contributed by atoms with E-state index in [9.17, 15) is 4.79 Å². The van der Waals surface area contributed by atoms with Gasteiger partial charge in [-0.3, -0.25) is 4.79 Å². The largest absolute Gasteiger partial charge is 0.348 e. The van der Waals surface area contributed by atoms with Crippen LogP contribution in [0.25, 0.3) is 0 Å². The summed E-state index contributed by atoms with van der Waals surface area (Å²) >= 11 is 6.53. The third-order valence-corrected chi connectivity index (χ3v) is 6.46. The smallest absolute Gasteiger partial charge is 0.223 e. The zero-order valence-electron chi connectivity index (χ0n) is 12.6. The van der Waals surface area contributed by atoms with Crippen LogP contribution in [0.3, 0.4) is 0 Å². The molecule has 124 valence electrons. The molecule has 4 heterocycles. The summed E-state index contributed by atoms with van der Waals surface area (Å²) in [4.78, 5) is 31.2. The molecule has 0 saturated carbocycles. The van der Waals surface area contributed by atoms with Crippen molar-refractivity contribution in [2.75, 3.05) is 6.54 Å². The summed E-state index contributed by atoms with van der Waals surface area (Å²) in [6, 6.07) is -0.208. The summed E-state index contributed by atoms with van der Waals surface area (Å²) in [5, 5.41) is 5.76. The number of aromatic nitrogens is 4. The van der Waals surface area contributed by atoms with E-state index in [4.69, 9.17) is 0 Å². The lowest BCUT2D eigenvalue weighted by Crippen LogP contribution is -2.40. The number of fused-ring (bicyclic) bond motifs is 1. The Balaban J connectivity index is 1.60. The number of nitrogens with one attached hydrogen (secondary N) is 1. The molecule has 0 aromatic carbocycles.